The third kappa shape index (κ3) is 6.20. The van der Waals surface area contributed by atoms with Crippen molar-refractivity contribution in [3.8, 4) is 0 Å². The number of hydrogen-bond donors (Lipinski definition) is 1. The van der Waals surface area contributed by atoms with Gasteiger partial charge in [0.15, 0.2) is 0 Å². The Bertz CT molecular complexity index is 548. The van der Waals surface area contributed by atoms with E-state index in [9.17, 15) is 9.36 Å². The molecule has 0 aliphatic carbocycles. The number of nitrogens with two attached hydrogens (primary N) is 1. The molecular formula is C15H24NO5PS. The maximum atomic E-state index is 13.0. The summed E-state index contributed by atoms with van der Waals surface area (Å²) >= 11 is 1.48. The molecule has 8 heteroatoms. The summed E-state index contributed by atoms with van der Waals surface area (Å²) in [5, 5.41) is 2.28. The third-order valence-electron chi connectivity index (χ3n) is 2.82. The van der Waals surface area contributed by atoms with Gasteiger partial charge in [0.2, 0.25) is 0 Å². The molecule has 1 atom stereocenters. The van der Waals surface area contributed by atoms with Gasteiger partial charge in [0, 0.05) is 16.6 Å². The molecule has 6 nitrogen and oxygen atoms in total. The number of carbonyl (C=O) groups excluding carboxylic acids is 1. The van der Waals surface area contributed by atoms with Crippen LogP contribution in [0.2, 0.25) is 0 Å². The molecule has 0 radical (unpaired) electrons. The van der Waals surface area contributed by atoms with E-state index in [2.05, 4.69) is 0 Å². The van der Waals surface area contributed by atoms with Crippen LogP contribution in [0.3, 0.4) is 0 Å². The fourth-order valence-electron chi connectivity index (χ4n) is 1.89. The minimum absolute atomic E-state index is 0.0496. The highest BCUT2D eigenvalue weighted by Crippen LogP contribution is 2.58. The summed E-state index contributed by atoms with van der Waals surface area (Å²) in [7, 11) is -3.50. The Morgan fingerprint density at radius 1 is 1.30 bits per heavy atom. The van der Waals surface area contributed by atoms with E-state index in [1.807, 2.05) is 17.5 Å². The fourth-order valence-corrected chi connectivity index (χ4v) is 4.46. The van der Waals surface area contributed by atoms with Crippen molar-refractivity contribution in [2.75, 3.05) is 19.8 Å². The van der Waals surface area contributed by atoms with E-state index in [4.69, 9.17) is 19.5 Å². The van der Waals surface area contributed by atoms with Crippen LogP contribution in [0.25, 0.3) is 6.08 Å². The summed E-state index contributed by atoms with van der Waals surface area (Å²) in [6.07, 6.45) is 1.77. The Morgan fingerprint density at radius 3 is 2.43 bits per heavy atom. The van der Waals surface area contributed by atoms with E-state index < -0.39 is 19.6 Å². The van der Waals surface area contributed by atoms with Gasteiger partial charge in [0.25, 0.3) is 0 Å². The predicted molar refractivity (Wildman–Crippen MR) is 92.4 cm³/mol. The standard InChI is InChI=1S/C15H24NO5PS/c1-4-19-15(17)14(16)11-12(10-13-8-7-9-23-13)22(18,20-5-2)21-6-3/h7-10,14H,4-6,11,16H2,1-3H3/b12-10-/t14-/m0/s1. The third-order valence-corrected chi connectivity index (χ3v) is 5.85. The van der Waals surface area contributed by atoms with E-state index in [1.165, 1.54) is 11.3 Å². The fraction of sp³-hybridized carbons (Fsp3) is 0.533. The van der Waals surface area contributed by atoms with Crippen LogP contribution in [0.1, 0.15) is 32.1 Å². The minimum atomic E-state index is -3.50. The lowest BCUT2D eigenvalue weighted by molar-refractivity contribution is -0.144. The number of carbonyl (C=O) groups is 1. The lowest BCUT2D eigenvalue weighted by atomic mass is 10.2. The summed E-state index contributed by atoms with van der Waals surface area (Å²) in [4.78, 5) is 12.7. The first-order chi connectivity index (χ1) is 11.0. The lowest BCUT2D eigenvalue weighted by Crippen LogP contribution is -2.32. The van der Waals surface area contributed by atoms with Crippen molar-refractivity contribution in [2.24, 2.45) is 5.73 Å². The second-order valence-electron chi connectivity index (χ2n) is 4.55. The maximum Gasteiger partial charge on any atom is 0.357 e. The zero-order chi connectivity index (χ0) is 17.3. The van der Waals surface area contributed by atoms with Crippen molar-refractivity contribution in [1.29, 1.82) is 0 Å². The van der Waals surface area contributed by atoms with Gasteiger partial charge in [0.05, 0.1) is 19.8 Å². The first kappa shape index (κ1) is 20.1. The zero-order valence-electron chi connectivity index (χ0n) is 13.7. The molecule has 23 heavy (non-hydrogen) atoms. The van der Waals surface area contributed by atoms with Crippen LogP contribution >= 0.6 is 18.9 Å². The van der Waals surface area contributed by atoms with Crippen molar-refractivity contribution in [2.45, 2.75) is 33.2 Å². The van der Waals surface area contributed by atoms with Gasteiger partial charge in [-0.15, -0.1) is 11.3 Å². The predicted octanol–water partition coefficient (Wildman–Crippen LogP) is 3.64. The first-order valence-corrected chi connectivity index (χ1v) is 9.95. The van der Waals surface area contributed by atoms with Crippen LogP contribution in [0.15, 0.2) is 22.8 Å². The molecule has 0 aromatic carbocycles. The van der Waals surface area contributed by atoms with E-state index in [0.717, 1.165) is 4.88 Å². The largest absolute Gasteiger partial charge is 0.465 e. The van der Waals surface area contributed by atoms with Crippen molar-refractivity contribution >= 4 is 31.0 Å². The smallest absolute Gasteiger partial charge is 0.357 e. The van der Waals surface area contributed by atoms with Gasteiger partial charge in [-0.25, -0.2) is 0 Å². The van der Waals surface area contributed by atoms with Crippen LogP contribution in [0, 0.1) is 0 Å². The molecule has 0 aliphatic rings. The van der Waals surface area contributed by atoms with Crippen molar-refractivity contribution in [3.63, 3.8) is 0 Å². The van der Waals surface area contributed by atoms with Gasteiger partial charge in [0.1, 0.15) is 6.04 Å². The summed E-state index contributed by atoms with van der Waals surface area (Å²) in [6, 6.07) is 2.84. The van der Waals surface area contributed by atoms with Gasteiger partial charge in [-0.1, -0.05) is 6.07 Å². The molecule has 0 fully saturated rings. The lowest BCUT2D eigenvalue weighted by Gasteiger charge is -2.22. The van der Waals surface area contributed by atoms with Gasteiger partial charge in [-0.2, -0.15) is 0 Å². The molecular weight excluding hydrogens is 337 g/mol. The van der Waals surface area contributed by atoms with E-state index in [1.54, 1.807) is 26.8 Å². The van der Waals surface area contributed by atoms with Crippen molar-refractivity contribution in [3.05, 3.63) is 27.7 Å². The number of rotatable bonds is 10. The number of thiophene rings is 1. The van der Waals surface area contributed by atoms with Crippen molar-refractivity contribution < 1.29 is 23.1 Å². The topological polar surface area (TPSA) is 87.9 Å². The van der Waals surface area contributed by atoms with Crippen molar-refractivity contribution in [1.82, 2.24) is 0 Å². The number of hydrogen-bond acceptors (Lipinski definition) is 7. The molecule has 1 aromatic heterocycles. The SMILES string of the molecule is CCOC(=O)[C@@H](N)C/C(=C/c1cccs1)P(=O)(OCC)OCC. The normalized spacial score (nSPS) is 13.8. The highest BCUT2D eigenvalue weighted by Gasteiger charge is 2.32. The number of esters is 1. The van der Waals surface area contributed by atoms with E-state index in [-0.39, 0.29) is 26.2 Å². The summed E-state index contributed by atoms with van der Waals surface area (Å²) < 4.78 is 28.7. The molecule has 1 aromatic rings. The molecule has 2 N–H and O–H groups in total. The average molecular weight is 361 g/mol. The Hall–Kier alpha value is -0.980. The van der Waals surface area contributed by atoms with Gasteiger partial charge in [-0.3, -0.25) is 9.36 Å². The van der Waals surface area contributed by atoms with E-state index in [0.29, 0.717) is 5.31 Å². The summed E-state index contributed by atoms with van der Waals surface area (Å²) in [5.74, 6) is -0.538. The summed E-state index contributed by atoms with van der Waals surface area (Å²) in [6.45, 7) is 5.88. The van der Waals surface area contributed by atoms with Crippen LogP contribution in [0.4, 0.5) is 0 Å². The molecule has 0 saturated carbocycles. The molecule has 0 bridgehead atoms. The van der Waals surface area contributed by atoms with Crippen LogP contribution in [-0.2, 0) is 23.1 Å². The van der Waals surface area contributed by atoms with Crippen LogP contribution in [0.5, 0.6) is 0 Å². The zero-order valence-corrected chi connectivity index (χ0v) is 15.4. The first-order valence-electron chi connectivity index (χ1n) is 7.52. The number of ether oxygens (including phenoxy) is 1. The molecule has 130 valence electrons. The second-order valence-corrected chi connectivity index (χ2v) is 7.61. The molecule has 1 heterocycles. The molecule has 0 aliphatic heterocycles. The molecule has 0 unspecified atom stereocenters. The quantitative estimate of drug-likeness (QED) is 0.506. The summed E-state index contributed by atoms with van der Waals surface area (Å²) in [5.41, 5.74) is 5.88. The molecule has 1 rings (SSSR count). The minimum Gasteiger partial charge on any atom is -0.465 e. The Kier molecular flexibility index (Phi) is 8.73. The van der Waals surface area contributed by atoms with E-state index >= 15 is 0 Å². The monoisotopic (exact) mass is 361 g/mol. The van der Waals surface area contributed by atoms with Gasteiger partial charge < -0.3 is 19.5 Å². The molecule has 0 spiro atoms. The Morgan fingerprint density at radius 2 is 1.96 bits per heavy atom. The average Bonchev–Trinajstić information content (AvgIpc) is 3.00. The Balaban J connectivity index is 3.11. The Labute approximate surface area is 141 Å². The second kappa shape index (κ2) is 10.0. The highest BCUT2D eigenvalue weighted by molar-refractivity contribution is 7.58. The van der Waals surface area contributed by atoms with Crippen LogP contribution in [-0.4, -0.2) is 31.8 Å². The maximum absolute atomic E-state index is 13.0. The molecule has 0 saturated heterocycles. The van der Waals surface area contributed by atoms with Crippen LogP contribution < -0.4 is 5.73 Å². The van der Waals surface area contributed by atoms with Gasteiger partial charge in [-0.05, 0) is 38.3 Å². The molecule has 0 amide bonds. The van der Waals surface area contributed by atoms with Gasteiger partial charge >= 0.3 is 13.6 Å². The highest BCUT2D eigenvalue weighted by atomic mass is 32.1.